The van der Waals surface area contributed by atoms with Crippen molar-refractivity contribution in [3.63, 3.8) is 0 Å². The van der Waals surface area contributed by atoms with Crippen LogP contribution in [0, 0.1) is 17.5 Å². The first-order valence-electron chi connectivity index (χ1n) is 7.09. The van der Waals surface area contributed by atoms with Gasteiger partial charge in [0.2, 0.25) is 5.91 Å². The summed E-state index contributed by atoms with van der Waals surface area (Å²) in [5, 5.41) is 2.33. The lowest BCUT2D eigenvalue weighted by Gasteiger charge is -2.12. The molecule has 2 aromatic rings. The Labute approximate surface area is 137 Å². The number of carbonyl (C=O) groups excluding carboxylic acids is 1. The van der Waals surface area contributed by atoms with Gasteiger partial charge in [-0.2, -0.15) is 0 Å². The van der Waals surface area contributed by atoms with Crippen LogP contribution in [-0.4, -0.2) is 17.7 Å². The topological polar surface area (TPSA) is 29.1 Å². The highest BCUT2D eigenvalue weighted by atomic mass is 32.2. The van der Waals surface area contributed by atoms with Gasteiger partial charge in [0.05, 0.1) is 5.25 Å². The number of nitrogens with one attached hydrogen (secondary N) is 1. The monoisotopic (exact) mass is 339 g/mol. The fraction of sp³-hybridized carbons (Fsp3) is 0.235. The Morgan fingerprint density at radius 1 is 1.09 bits per heavy atom. The molecule has 0 aromatic heterocycles. The molecular formula is C17H16F3NOS. The van der Waals surface area contributed by atoms with Crippen molar-refractivity contribution in [3.05, 3.63) is 65.5 Å². The van der Waals surface area contributed by atoms with E-state index in [1.54, 1.807) is 19.1 Å². The van der Waals surface area contributed by atoms with Crippen LogP contribution < -0.4 is 5.32 Å². The molecule has 2 aromatic carbocycles. The molecule has 0 aliphatic carbocycles. The Balaban J connectivity index is 1.80. The van der Waals surface area contributed by atoms with Crippen molar-refractivity contribution in [1.82, 2.24) is 5.32 Å². The SMILES string of the molecule is C[C@H](Sc1ccc(F)c(F)c1)C(=O)NCCc1ccc(F)cc1. The van der Waals surface area contributed by atoms with Crippen molar-refractivity contribution in [2.24, 2.45) is 0 Å². The van der Waals surface area contributed by atoms with E-state index in [9.17, 15) is 18.0 Å². The second-order valence-electron chi connectivity index (χ2n) is 5.00. The van der Waals surface area contributed by atoms with E-state index in [1.165, 1.54) is 18.2 Å². The standard InChI is InChI=1S/C17H16F3NOS/c1-11(23-14-6-7-15(19)16(20)10-14)17(22)21-9-8-12-2-4-13(18)5-3-12/h2-7,10-11H,8-9H2,1H3,(H,21,22)/t11-/m0/s1. The zero-order chi connectivity index (χ0) is 16.8. The molecule has 0 aliphatic heterocycles. The predicted octanol–water partition coefficient (Wildman–Crippen LogP) is 3.94. The van der Waals surface area contributed by atoms with Crippen LogP contribution in [0.2, 0.25) is 0 Å². The normalized spacial score (nSPS) is 12.0. The van der Waals surface area contributed by atoms with Crippen LogP contribution in [0.4, 0.5) is 13.2 Å². The van der Waals surface area contributed by atoms with E-state index in [0.717, 1.165) is 29.5 Å². The van der Waals surface area contributed by atoms with Crippen molar-refractivity contribution >= 4 is 17.7 Å². The molecule has 0 unspecified atom stereocenters. The maximum Gasteiger partial charge on any atom is 0.233 e. The molecule has 2 nitrogen and oxygen atoms in total. The van der Waals surface area contributed by atoms with Crippen molar-refractivity contribution in [3.8, 4) is 0 Å². The van der Waals surface area contributed by atoms with Crippen LogP contribution in [0.1, 0.15) is 12.5 Å². The van der Waals surface area contributed by atoms with Crippen molar-refractivity contribution < 1.29 is 18.0 Å². The van der Waals surface area contributed by atoms with E-state index in [-0.39, 0.29) is 11.7 Å². The number of halogens is 3. The van der Waals surface area contributed by atoms with Gasteiger partial charge in [-0.1, -0.05) is 12.1 Å². The average Bonchev–Trinajstić information content (AvgIpc) is 2.52. The Kier molecular flexibility index (Phi) is 6.10. The molecule has 0 spiro atoms. The number of carbonyl (C=O) groups is 1. The van der Waals surface area contributed by atoms with Crippen molar-refractivity contribution in [1.29, 1.82) is 0 Å². The Morgan fingerprint density at radius 2 is 1.78 bits per heavy atom. The molecule has 0 heterocycles. The number of amides is 1. The van der Waals surface area contributed by atoms with Crippen LogP contribution >= 0.6 is 11.8 Å². The van der Waals surface area contributed by atoms with Gasteiger partial charge in [-0.25, -0.2) is 13.2 Å². The molecule has 122 valence electrons. The molecule has 2 rings (SSSR count). The lowest BCUT2D eigenvalue weighted by atomic mass is 10.1. The molecule has 1 atom stereocenters. The minimum Gasteiger partial charge on any atom is -0.355 e. The van der Waals surface area contributed by atoms with Crippen LogP contribution in [0.3, 0.4) is 0 Å². The highest BCUT2D eigenvalue weighted by Gasteiger charge is 2.15. The highest BCUT2D eigenvalue weighted by Crippen LogP contribution is 2.24. The van der Waals surface area contributed by atoms with Crippen molar-refractivity contribution in [2.45, 2.75) is 23.5 Å². The van der Waals surface area contributed by atoms with E-state index < -0.39 is 16.9 Å². The van der Waals surface area contributed by atoms with Gasteiger partial charge in [-0.3, -0.25) is 4.79 Å². The summed E-state index contributed by atoms with van der Waals surface area (Å²) >= 11 is 1.15. The summed E-state index contributed by atoms with van der Waals surface area (Å²) in [6, 6.07) is 9.63. The smallest absolute Gasteiger partial charge is 0.233 e. The summed E-state index contributed by atoms with van der Waals surface area (Å²) in [5.41, 5.74) is 0.924. The molecule has 6 heteroatoms. The van der Waals surface area contributed by atoms with Crippen LogP contribution in [0.5, 0.6) is 0 Å². The van der Waals surface area contributed by atoms with Crippen LogP contribution in [0.15, 0.2) is 47.4 Å². The number of rotatable bonds is 6. The summed E-state index contributed by atoms with van der Waals surface area (Å²) < 4.78 is 38.8. The van der Waals surface area contributed by atoms with Gasteiger partial charge in [0, 0.05) is 11.4 Å². The Bertz CT molecular complexity index is 676. The lowest BCUT2D eigenvalue weighted by Crippen LogP contribution is -2.32. The molecule has 0 fully saturated rings. The van der Waals surface area contributed by atoms with Gasteiger partial charge < -0.3 is 5.32 Å². The summed E-state index contributed by atoms with van der Waals surface area (Å²) in [6.07, 6.45) is 0.592. The van der Waals surface area contributed by atoms with Gasteiger partial charge in [-0.15, -0.1) is 11.8 Å². The van der Waals surface area contributed by atoms with Gasteiger partial charge in [0.15, 0.2) is 11.6 Å². The first kappa shape index (κ1) is 17.4. The average molecular weight is 339 g/mol. The largest absolute Gasteiger partial charge is 0.355 e. The van der Waals surface area contributed by atoms with Crippen LogP contribution in [0.25, 0.3) is 0 Å². The first-order chi connectivity index (χ1) is 11.0. The zero-order valence-electron chi connectivity index (χ0n) is 12.5. The minimum absolute atomic E-state index is 0.193. The molecule has 1 amide bonds. The van der Waals surface area contributed by atoms with Gasteiger partial charge in [0.25, 0.3) is 0 Å². The highest BCUT2D eigenvalue weighted by molar-refractivity contribution is 8.00. The first-order valence-corrected chi connectivity index (χ1v) is 7.97. The van der Waals surface area contributed by atoms with Crippen molar-refractivity contribution in [2.75, 3.05) is 6.54 Å². The fourth-order valence-corrected chi connectivity index (χ4v) is 2.85. The summed E-state index contributed by atoms with van der Waals surface area (Å²) in [5.74, 6) is -2.33. The van der Waals surface area contributed by atoms with Crippen LogP contribution in [-0.2, 0) is 11.2 Å². The molecule has 0 radical (unpaired) electrons. The summed E-state index contributed by atoms with van der Waals surface area (Å²) in [4.78, 5) is 12.5. The molecule has 0 aliphatic rings. The number of thioether (sulfide) groups is 1. The Hall–Kier alpha value is -1.95. The maximum atomic E-state index is 13.1. The quantitative estimate of drug-likeness (QED) is 0.808. The third kappa shape index (κ3) is 5.32. The van der Waals surface area contributed by atoms with Gasteiger partial charge in [-0.05, 0) is 49.2 Å². The molecule has 0 bridgehead atoms. The Morgan fingerprint density at radius 3 is 2.43 bits per heavy atom. The second-order valence-corrected chi connectivity index (χ2v) is 6.42. The van der Waals surface area contributed by atoms with E-state index in [0.29, 0.717) is 17.9 Å². The van der Waals surface area contributed by atoms with Gasteiger partial charge in [0.1, 0.15) is 5.82 Å². The minimum atomic E-state index is -0.932. The van der Waals surface area contributed by atoms with Gasteiger partial charge >= 0.3 is 0 Å². The molecular weight excluding hydrogens is 323 g/mol. The van der Waals surface area contributed by atoms with E-state index in [4.69, 9.17) is 0 Å². The molecule has 23 heavy (non-hydrogen) atoms. The summed E-state index contributed by atoms with van der Waals surface area (Å²) in [6.45, 7) is 2.12. The number of benzene rings is 2. The molecule has 0 saturated heterocycles. The van der Waals surface area contributed by atoms with E-state index in [1.807, 2.05) is 0 Å². The van der Waals surface area contributed by atoms with E-state index >= 15 is 0 Å². The fourth-order valence-electron chi connectivity index (χ4n) is 1.93. The maximum absolute atomic E-state index is 13.1. The molecule has 1 N–H and O–H groups in total. The third-order valence-electron chi connectivity index (χ3n) is 3.20. The predicted molar refractivity (Wildman–Crippen MR) is 84.8 cm³/mol. The lowest BCUT2D eigenvalue weighted by molar-refractivity contribution is -0.120. The molecule has 0 saturated carbocycles. The zero-order valence-corrected chi connectivity index (χ0v) is 13.3. The number of hydrogen-bond acceptors (Lipinski definition) is 2. The second kappa shape index (κ2) is 8.06. The summed E-state index contributed by atoms with van der Waals surface area (Å²) in [7, 11) is 0. The number of hydrogen-bond donors (Lipinski definition) is 1. The third-order valence-corrected chi connectivity index (χ3v) is 4.29. The van der Waals surface area contributed by atoms with E-state index in [2.05, 4.69) is 5.32 Å².